The van der Waals surface area contributed by atoms with Gasteiger partial charge in [0.25, 0.3) is 11.6 Å². The zero-order valence-corrected chi connectivity index (χ0v) is 13.4. The van der Waals surface area contributed by atoms with Crippen molar-refractivity contribution in [3.8, 4) is 0 Å². The van der Waals surface area contributed by atoms with E-state index in [2.05, 4.69) is 5.32 Å². The molecule has 2 rings (SSSR count). The van der Waals surface area contributed by atoms with Crippen LogP contribution in [0.1, 0.15) is 27.0 Å². The highest BCUT2D eigenvalue weighted by atomic mass is 19.4. The Morgan fingerprint density at radius 1 is 1.00 bits per heavy atom. The number of amides is 1. The molecule has 0 fully saturated rings. The maximum Gasteiger partial charge on any atom is 0.416 e. The molecule has 0 saturated carbocycles. The molecule has 0 unspecified atom stereocenters. The van der Waals surface area contributed by atoms with Crippen LogP contribution in [0.3, 0.4) is 0 Å². The van der Waals surface area contributed by atoms with E-state index in [-0.39, 0.29) is 35.1 Å². The summed E-state index contributed by atoms with van der Waals surface area (Å²) >= 11 is 0. The average Bonchev–Trinajstić information content (AvgIpc) is 2.54. The smallest absolute Gasteiger partial charge is 0.321 e. The van der Waals surface area contributed by atoms with E-state index in [9.17, 15) is 41.3 Å². The van der Waals surface area contributed by atoms with E-state index in [4.69, 9.17) is 0 Å². The van der Waals surface area contributed by atoms with Gasteiger partial charge in [-0.2, -0.15) is 26.3 Å². The molecule has 27 heavy (non-hydrogen) atoms. The highest BCUT2D eigenvalue weighted by molar-refractivity contribution is 6.05. The van der Waals surface area contributed by atoms with Crippen LogP contribution in [0.15, 0.2) is 36.4 Å². The van der Waals surface area contributed by atoms with Crippen molar-refractivity contribution >= 4 is 17.3 Å². The number of nitro groups is 1. The van der Waals surface area contributed by atoms with Crippen LogP contribution in [0.4, 0.5) is 37.7 Å². The van der Waals surface area contributed by atoms with Crippen LogP contribution in [0, 0.1) is 17.0 Å². The predicted octanol–water partition coefficient (Wildman–Crippen LogP) is 5.19. The van der Waals surface area contributed by atoms with Crippen LogP contribution < -0.4 is 5.32 Å². The fourth-order valence-electron chi connectivity index (χ4n) is 2.24. The molecule has 0 bridgehead atoms. The average molecular weight is 392 g/mol. The number of anilines is 1. The van der Waals surface area contributed by atoms with Crippen molar-refractivity contribution in [1.29, 1.82) is 0 Å². The number of alkyl halides is 6. The first-order valence-corrected chi connectivity index (χ1v) is 7.15. The molecular formula is C16H10F6N2O3. The minimum Gasteiger partial charge on any atom is -0.321 e. The quantitative estimate of drug-likeness (QED) is 0.444. The molecule has 1 N–H and O–H groups in total. The second-order valence-electron chi connectivity index (χ2n) is 5.46. The SMILES string of the molecule is Cc1c(NC(=O)c2cc(C(F)(F)F)cc(C(F)(F)F)c2)cccc1[N+](=O)[O-]. The number of carbonyl (C=O) groups is 1. The van der Waals surface area contributed by atoms with E-state index in [0.29, 0.717) is 0 Å². The second kappa shape index (κ2) is 6.89. The molecule has 0 spiro atoms. The molecule has 0 aliphatic carbocycles. The van der Waals surface area contributed by atoms with Crippen molar-refractivity contribution in [3.63, 3.8) is 0 Å². The minimum absolute atomic E-state index is 0.00105. The first-order valence-electron chi connectivity index (χ1n) is 7.15. The molecule has 2 aromatic rings. The monoisotopic (exact) mass is 392 g/mol. The molecule has 0 aliphatic heterocycles. The lowest BCUT2D eigenvalue weighted by Crippen LogP contribution is -2.17. The van der Waals surface area contributed by atoms with Crippen LogP contribution in [0.2, 0.25) is 0 Å². The van der Waals surface area contributed by atoms with Gasteiger partial charge in [0, 0.05) is 11.6 Å². The van der Waals surface area contributed by atoms with Crippen LogP contribution in [0.5, 0.6) is 0 Å². The molecule has 0 atom stereocenters. The normalized spacial score (nSPS) is 12.0. The van der Waals surface area contributed by atoms with Crippen LogP contribution >= 0.6 is 0 Å². The van der Waals surface area contributed by atoms with Crippen molar-refractivity contribution in [2.45, 2.75) is 19.3 Å². The van der Waals surface area contributed by atoms with Crippen LogP contribution in [-0.2, 0) is 12.4 Å². The lowest BCUT2D eigenvalue weighted by Gasteiger charge is -2.14. The third-order valence-corrected chi connectivity index (χ3v) is 3.60. The van der Waals surface area contributed by atoms with E-state index >= 15 is 0 Å². The van der Waals surface area contributed by atoms with Gasteiger partial charge in [-0.15, -0.1) is 0 Å². The number of benzene rings is 2. The summed E-state index contributed by atoms with van der Waals surface area (Å²) in [5.74, 6) is -1.27. The summed E-state index contributed by atoms with van der Waals surface area (Å²) in [5, 5.41) is 13.0. The van der Waals surface area contributed by atoms with Crippen molar-refractivity contribution in [1.82, 2.24) is 0 Å². The summed E-state index contributed by atoms with van der Waals surface area (Å²) in [5.41, 5.74) is -4.65. The van der Waals surface area contributed by atoms with Gasteiger partial charge in [0.05, 0.1) is 27.3 Å². The fourth-order valence-corrected chi connectivity index (χ4v) is 2.24. The Kier molecular flexibility index (Phi) is 5.16. The summed E-state index contributed by atoms with van der Waals surface area (Å²) in [6.07, 6.45) is -10.2. The lowest BCUT2D eigenvalue weighted by molar-refractivity contribution is -0.385. The fraction of sp³-hybridized carbons (Fsp3) is 0.188. The highest BCUT2D eigenvalue weighted by Crippen LogP contribution is 2.36. The first kappa shape index (κ1) is 20.2. The molecular weight excluding hydrogens is 382 g/mol. The number of halogens is 6. The van der Waals surface area contributed by atoms with E-state index in [1.165, 1.54) is 19.1 Å². The number of rotatable bonds is 3. The predicted molar refractivity (Wildman–Crippen MR) is 82.2 cm³/mol. The second-order valence-corrected chi connectivity index (χ2v) is 5.46. The molecule has 0 aromatic heterocycles. The molecule has 5 nitrogen and oxygen atoms in total. The molecule has 11 heteroatoms. The Labute approximate surface area is 147 Å². The summed E-state index contributed by atoms with van der Waals surface area (Å²) < 4.78 is 77.1. The molecule has 2 aromatic carbocycles. The first-order chi connectivity index (χ1) is 12.3. The molecule has 0 radical (unpaired) electrons. The highest BCUT2D eigenvalue weighted by Gasteiger charge is 2.37. The van der Waals surface area contributed by atoms with Gasteiger partial charge in [-0.1, -0.05) is 6.07 Å². The zero-order valence-electron chi connectivity index (χ0n) is 13.4. The van der Waals surface area contributed by atoms with Gasteiger partial charge < -0.3 is 5.32 Å². The summed E-state index contributed by atoms with van der Waals surface area (Å²) in [4.78, 5) is 22.3. The largest absolute Gasteiger partial charge is 0.416 e. The number of nitrogens with one attached hydrogen (secondary N) is 1. The third kappa shape index (κ3) is 4.54. The van der Waals surface area contributed by atoms with Crippen LogP contribution in [0.25, 0.3) is 0 Å². The lowest BCUT2D eigenvalue weighted by atomic mass is 10.0. The molecule has 0 heterocycles. The Balaban J connectivity index is 2.48. The van der Waals surface area contributed by atoms with Crippen LogP contribution in [-0.4, -0.2) is 10.8 Å². The third-order valence-electron chi connectivity index (χ3n) is 3.60. The van der Waals surface area contributed by atoms with Crippen molar-refractivity contribution < 1.29 is 36.1 Å². The van der Waals surface area contributed by atoms with Gasteiger partial charge in [-0.05, 0) is 31.2 Å². The van der Waals surface area contributed by atoms with E-state index in [0.717, 1.165) is 6.07 Å². The summed E-state index contributed by atoms with van der Waals surface area (Å²) in [6, 6.07) is 4.04. The Bertz CT molecular complexity index is 874. The maximum atomic E-state index is 12.9. The summed E-state index contributed by atoms with van der Waals surface area (Å²) in [7, 11) is 0. The van der Waals surface area contributed by atoms with E-state index in [1.807, 2.05) is 0 Å². The molecule has 144 valence electrons. The standard InChI is InChI=1S/C16H10F6N2O3/c1-8-12(3-2-4-13(8)24(26)27)23-14(25)9-5-10(15(17,18)19)7-11(6-9)16(20,21)22/h2-7H,1H3,(H,23,25). The molecule has 1 amide bonds. The van der Waals surface area contributed by atoms with Gasteiger partial charge in [0.15, 0.2) is 0 Å². The minimum atomic E-state index is -5.10. The summed E-state index contributed by atoms with van der Waals surface area (Å²) in [6.45, 7) is 1.28. The number of hydrogen-bond acceptors (Lipinski definition) is 3. The van der Waals surface area contributed by atoms with E-state index in [1.54, 1.807) is 0 Å². The van der Waals surface area contributed by atoms with Crippen molar-refractivity contribution in [2.75, 3.05) is 5.32 Å². The Morgan fingerprint density at radius 2 is 1.52 bits per heavy atom. The van der Waals surface area contributed by atoms with Crippen molar-refractivity contribution in [3.05, 3.63) is 68.8 Å². The molecule has 0 aliphatic rings. The number of carbonyl (C=O) groups excluding carboxylic acids is 1. The van der Waals surface area contributed by atoms with E-state index < -0.39 is 39.9 Å². The topological polar surface area (TPSA) is 72.2 Å². The zero-order chi connectivity index (χ0) is 20.6. The van der Waals surface area contributed by atoms with Gasteiger partial charge in [0.2, 0.25) is 0 Å². The number of nitrogens with zero attached hydrogens (tertiary/aromatic N) is 1. The number of hydrogen-bond donors (Lipinski definition) is 1. The van der Waals surface area contributed by atoms with Gasteiger partial charge in [0.1, 0.15) is 0 Å². The molecule has 0 saturated heterocycles. The Morgan fingerprint density at radius 3 is 1.96 bits per heavy atom. The van der Waals surface area contributed by atoms with Gasteiger partial charge in [-0.25, -0.2) is 0 Å². The van der Waals surface area contributed by atoms with Gasteiger partial charge >= 0.3 is 12.4 Å². The van der Waals surface area contributed by atoms with Crippen molar-refractivity contribution in [2.24, 2.45) is 0 Å². The Hall–Kier alpha value is -3.11. The van der Waals surface area contributed by atoms with Gasteiger partial charge in [-0.3, -0.25) is 14.9 Å². The number of nitro benzene ring substituents is 1. The maximum absolute atomic E-state index is 12.9.